The molecule has 670 valence electrons. The number of fused-ring (bicyclic) bond motifs is 8. The molecule has 21 rings (SSSR count). The second-order valence-corrected chi connectivity index (χ2v) is 32.8. The quantitative estimate of drug-likeness (QED) is 0.0240. The van der Waals surface area contributed by atoms with Crippen molar-refractivity contribution in [2.24, 2.45) is 5.73 Å². The zero-order chi connectivity index (χ0) is 89.9. The Bertz CT molecular complexity index is 6930. The van der Waals surface area contributed by atoms with Gasteiger partial charge in [0.25, 0.3) is 0 Å². The normalized spacial score (nSPS) is 12.5. The van der Waals surface area contributed by atoms with E-state index >= 15 is 0 Å². The molecular weight excluding hydrogens is 1660 g/mol. The lowest BCUT2D eigenvalue weighted by molar-refractivity contribution is 0.171. The predicted octanol–water partition coefficient (Wildman–Crippen LogP) is 17.7. The van der Waals surface area contributed by atoms with Crippen LogP contribution in [0.25, 0.3) is 78.6 Å². The van der Waals surface area contributed by atoms with E-state index in [4.69, 9.17) is 94.1 Å². The standard InChI is InChI=1S/C31H33N5O.C26H28N4O2.C25H26N4O3.C24H20N4O3/c1-35(22-25-12-16-27(32)17-13-25)20-4-5-23-8-10-24(11-9-23)21-30-33-31-7-3-6-29(36(31)34-30)26-14-18-28(37-2)19-15-26;1-2-27-14-4-5-19-8-10-20(11-9-19)17-25-28-26-7-3-6-22(30(26)29-25)21-12-13-23-24(18-21)32-16-15-31-23;1-26-11-4-12-30-20-6-2-5-18(15-20)16-24-27-25-8-3-7-21(29(25)28-24)19-9-10-22-23(17-19)32-14-13-31-22;25-14-18-12-17-10-15(4-6-20(17)31-18)11-23-26-24-3-1-2-19(28(24)27-23)16-5-7-21-22(13-16)30-9-8-29-21/h3,6-19H,4-5,20-22,32H2,1-2H3;3,6-13,18,27H,2,4-5,14-17H2,1H3;2-3,5-10,15,17,26H,4,11-14,16H2,1H3;1-7,10,12-13H,8-9,11,14,25H2. The second kappa shape index (κ2) is 42.1. The molecule has 0 unspecified atom stereocenters. The van der Waals surface area contributed by atoms with Crippen molar-refractivity contribution in [2.45, 2.75) is 77.8 Å². The Morgan fingerprint density at radius 2 is 0.811 bits per heavy atom. The van der Waals surface area contributed by atoms with Crippen LogP contribution < -0.4 is 60.0 Å². The highest BCUT2D eigenvalue weighted by Crippen LogP contribution is 2.39. The van der Waals surface area contributed by atoms with Crippen LogP contribution in [0, 0.1) is 0 Å². The van der Waals surface area contributed by atoms with E-state index in [0.29, 0.717) is 78.5 Å². The first-order valence-electron chi connectivity index (χ1n) is 45.1. The Balaban J connectivity index is 0.000000118. The number of rotatable bonds is 30. The Morgan fingerprint density at radius 3 is 1.27 bits per heavy atom. The number of aryl methyl sites for hydroxylation is 2. The topological polar surface area (TPSA) is 287 Å². The molecule has 26 nitrogen and oxygen atoms in total. The third-order valence-corrected chi connectivity index (χ3v) is 23.1. The Hall–Kier alpha value is -15.0. The highest BCUT2D eigenvalue weighted by Gasteiger charge is 2.22. The van der Waals surface area contributed by atoms with Crippen LogP contribution in [-0.4, -0.2) is 157 Å². The molecule has 0 bridgehead atoms. The molecule has 18 aromatic rings. The fourth-order valence-corrected chi connectivity index (χ4v) is 16.4. The van der Waals surface area contributed by atoms with Crippen LogP contribution in [0.15, 0.2) is 277 Å². The lowest BCUT2D eigenvalue weighted by atomic mass is 10.1. The van der Waals surface area contributed by atoms with Gasteiger partial charge in [0.1, 0.15) is 62.5 Å². The van der Waals surface area contributed by atoms with Gasteiger partial charge in [-0.15, -0.1) is 0 Å². The van der Waals surface area contributed by atoms with E-state index in [1.54, 1.807) is 7.11 Å². The van der Waals surface area contributed by atoms with Crippen LogP contribution >= 0.6 is 0 Å². The van der Waals surface area contributed by atoms with E-state index in [9.17, 15) is 0 Å². The SMILES string of the molecule is CCNCCCc1ccc(Cc2nc3cccc(-c4ccc5c(c4)OCCO5)n3n2)cc1.CNCCCOc1cccc(Cc2nc3cccc(-c4ccc5c(c4)OCCO5)n3n2)c1.COc1ccc(-c2cccc3nc(Cc4ccc(CCCN(C)Cc5ccc(N)cc5)cc4)nn23)cc1.NCc1cc2cc(Cc3nc4cccc(-c5ccc6c(c5)OCCO6)n4n3)ccc2o1. The largest absolute Gasteiger partial charge is 0.497 e. The number of nitrogens with one attached hydrogen (secondary N) is 2. The second-order valence-electron chi connectivity index (χ2n) is 32.8. The fraction of sp³-hybridized carbons (Fsp3) is 0.245. The Labute approximate surface area is 766 Å². The smallest absolute Gasteiger partial charge is 0.162 e. The number of methoxy groups -OCH3 is 1. The molecule has 0 atom stereocenters. The zero-order valence-electron chi connectivity index (χ0n) is 74.7. The molecule has 0 aliphatic carbocycles. The third kappa shape index (κ3) is 21.8. The first-order valence-corrected chi connectivity index (χ1v) is 45.1. The molecule has 0 amide bonds. The van der Waals surface area contributed by atoms with Crippen molar-refractivity contribution in [1.82, 2.24) is 73.9 Å². The summed E-state index contributed by atoms with van der Waals surface area (Å²) in [6.45, 7) is 11.7. The fourth-order valence-electron chi connectivity index (χ4n) is 16.4. The average molecular weight is 1760 g/mol. The molecule has 0 saturated heterocycles. The maximum Gasteiger partial charge on any atom is 0.162 e. The van der Waals surface area contributed by atoms with Crippen LogP contribution in [0.4, 0.5) is 5.69 Å². The minimum absolute atomic E-state index is 0.390. The summed E-state index contributed by atoms with van der Waals surface area (Å²) in [6, 6.07) is 92.1. The molecule has 132 heavy (non-hydrogen) atoms. The number of ether oxygens (including phenoxy) is 8. The molecule has 3 aliphatic rings. The molecule has 0 spiro atoms. The van der Waals surface area contributed by atoms with E-state index in [-0.39, 0.29) is 0 Å². The number of nitrogens with two attached hydrogens (primary N) is 2. The Morgan fingerprint density at radius 1 is 0.394 bits per heavy atom. The highest BCUT2D eigenvalue weighted by molar-refractivity contribution is 5.79. The number of hydrogen-bond acceptors (Lipinski definition) is 22. The summed E-state index contributed by atoms with van der Waals surface area (Å²) in [5, 5.41) is 26.8. The minimum atomic E-state index is 0.390. The highest BCUT2D eigenvalue weighted by atomic mass is 16.6. The molecular formula is C106H107N17O9. The van der Waals surface area contributed by atoms with Crippen molar-refractivity contribution in [3.8, 4) is 91.0 Å². The van der Waals surface area contributed by atoms with Gasteiger partial charge in [-0.05, 0) is 281 Å². The van der Waals surface area contributed by atoms with Gasteiger partial charge in [-0.25, -0.2) is 38.0 Å². The third-order valence-electron chi connectivity index (χ3n) is 23.1. The first kappa shape index (κ1) is 87.7. The number of hydrogen-bond donors (Lipinski definition) is 4. The molecule has 3 aliphatic heterocycles. The van der Waals surface area contributed by atoms with E-state index in [1.165, 1.54) is 27.8 Å². The summed E-state index contributed by atoms with van der Waals surface area (Å²) >= 11 is 0. The van der Waals surface area contributed by atoms with Crippen molar-refractivity contribution in [1.29, 1.82) is 0 Å². The van der Waals surface area contributed by atoms with Gasteiger partial charge in [-0.3, -0.25) is 0 Å². The summed E-state index contributed by atoms with van der Waals surface area (Å²) in [5.74, 6) is 10.3. The monoisotopic (exact) mass is 1760 g/mol. The van der Waals surface area contributed by atoms with Crippen molar-refractivity contribution >= 4 is 39.2 Å². The van der Waals surface area contributed by atoms with E-state index in [2.05, 4.69) is 121 Å². The van der Waals surface area contributed by atoms with Crippen molar-refractivity contribution in [3.05, 3.63) is 341 Å². The maximum absolute atomic E-state index is 5.86. The van der Waals surface area contributed by atoms with Gasteiger partial charge in [0, 0.05) is 65.6 Å². The van der Waals surface area contributed by atoms with Crippen molar-refractivity contribution in [2.75, 3.05) is 99.4 Å². The molecule has 9 aromatic heterocycles. The number of nitrogen functional groups attached to an aromatic ring is 1. The summed E-state index contributed by atoms with van der Waals surface area (Å²) in [6.07, 6.45) is 8.07. The van der Waals surface area contributed by atoms with Crippen LogP contribution in [-0.2, 0) is 51.6 Å². The lowest BCUT2D eigenvalue weighted by Crippen LogP contribution is -2.19. The molecule has 0 saturated carbocycles. The number of furan rings is 1. The zero-order valence-corrected chi connectivity index (χ0v) is 74.7. The van der Waals surface area contributed by atoms with Gasteiger partial charge in [0.05, 0.1) is 43.0 Å². The number of pyridine rings is 4. The summed E-state index contributed by atoms with van der Waals surface area (Å²) in [7, 11) is 5.79. The first-order chi connectivity index (χ1) is 64.9. The molecule has 26 heteroatoms. The van der Waals surface area contributed by atoms with E-state index < -0.39 is 0 Å². The van der Waals surface area contributed by atoms with Crippen LogP contribution in [0.2, 0.25) is 0 Å². The summed E-state index contributed by atoms with van der Waals surface area (Å²) in [5.41, 5.74) is 33.1. The molecule has 0 fully saturated rings. The number of nitrogens with zero attached hydrogens (tertiary/aromatic N) is 13. The molecule has 0 radical (unpaired) electrons. The minimum Gasteiger partial charge on any atom is -0.497 e. The summed E-state index contributed by atoms with van der Waals surface area (Å²) < 4.78 is 58.6. The lowest BCUT2D eigenvalue weighted by Gasteiger charge is -2.19. The van der Waals surface area contributed by atoms with Gasteiger partial charge >= 0.3 is 0 Å². The van der Waals surface area contributed by atoms with Gasteiger partial charge in [0.2, 0.25) is 0 Å². The van der Waals surface area contributed by atoms with Gasteiger partial charge in [-0.2, -0.15) is 20.4 Å². The molecule has 6 N–H and O–H groups in total. The van der Waals surface area contributed by atoms with Crippen LogP contribution in [0.1, 0.15) is 94.2 Å². The van der Waals surface area contributed by atoms with Gasteiger partial charge < -0.3 is 69.3 Å². The maximum atomic E-state index is 5.86. The van der Waals surface area contributed by atoms with Gasteiger partial charge in [0.15, 0.2) is 80.4 Å². The van der Waals surface area contributed by atoms with E-state index in [0.717, 1.165) is 235 Å². The van der Waals surface area contributed by atoms with Gasteiger partial charge in [-0.1, -0.05) is 110 Å². The molecule has 12 heterocycles. The Kier molecular flexibility index (Phi) is 28.0. The average Bonchev–Trinajstić information content (AvgIpc) is 1.64. The van der Waals surface area contributed by atoms with Crippen molar-refractivity contribution in [3.63, 3.8) is 0 Å². The summed E-state index contributed by atoms with van der Waals surface area (Å²) in [4.78, 5) is 21.4. The number of benzene rings is 9. The number of anilines is 1. The number of aromatic nitrogens is 12. The van der Waals surface area contributed by atoms with Crippen molar-refractivity contribution < 1.29 is 42.3 Å². The predicted molar refractivity (Wildman–Crippen MR) is 514 cm³/mol. The van der Waals surface area contributed by atoms with Crippen LogP contribution in [0.3, 0.4) is 0 Å². The molecule has 9 aromatic carbocycles. The van der Waals surface area contributed by atoms with E-state index in [1.807, 2.05) is 207 Å². The van der Waals surface area contributed by atoms with Crippen LogP contribution in [0.5, 0.6) is 46.0 Å².